The number of hydrogen-bond acceptors (Lipinski definition) is 3. The van der Waals surface area contributed by atoms with Crippen LogP contribution in [0.15, 0.2) is 47.5 Å². The van der Waals surface area contributed by atoms with Crippen LogP contribution in [0, 0.1) is 0 Å². The number of nitrogens with zero attached hydrogens (tertiary/aromatic N) is 2. The minimum atomic E-state index is -0.167. The van der Waals surface area contributed by atoms with E-state index in [-0.39, 0.29) is 12.1 Å². The summed E-state index contributed by atoms with van der Waals surface area (Å²) in [5.74, 6) is 0.611. The van der Waals surface area contributed by atoms with Crippen molar-refractivity contribution < 1.29 is 4.74 Å². The minimum Gasteiger partial charge on any atom is -0.497 e. The monoisotopic (exact) mass is 334 g/mol. The Balaban J connectivity index is 2.12. The van der Waals surface area contributed by atoms with Crippen LogP contribution in [0.4, 0.5) is 0 Å². The van der Waals surface area contributed by atoms with E-state index in [1.54, 1.807) is 43.5 Å². The molecule has 0 amide bonds. The van der Waals surface area contributed by atoms with Gasteiger partial charge in [-0.1, -0.05) is 29.3 Å². The summed E-state index contributed by atoms with van der Waals surface area (Å²) in [5.41, 5.74) is 1.14. The predicted octanol–water partition coefficient (Wildman–Crippen LogP) is 3.76. The van der Waals surface area contributed by atoms with Gasteiger partial charge in [-0.3, -0.25) is 9.36 Å². The van der Waals surface area contributed by atoms with E-state index in [1.165, 1.54) is 10.9 Å². The van der Waals surface area contributed by atoms with Gasteiger partial charge in [0, 0.05) is 15.6 Å². The third-order valence-electron chi connectivity index (χ3n) is 3.42. The summed E-state index contributed by atoms with van der Waals surface area (Å²) >= 11 is 12.3. The molecule has 1 aromatic heterocycles. The van der Waals surface area contributed by atoms with E-state index in [0.717, 1.165) is 0 Å². The van der Waals surface area contributed by atoms with E-state index in [4.69, 9.17) is 27.9 Å². The van der Waals surface area contributed by atoms with E-state index in [9.17, 15) is 4.79 Å². The Labute approximate surface area is 136 Å². The molecule has 6 heteroatoms. The Hall–Kier alpha value is -2.04. The Bertz CT molecular complexity index is 886. The molecule has 112 valence electrons. The highest BCUT2D eigenvalue weighted by molar-refractivity contribution is 6.35. The molecule has 0 fully saturated rings. The van der Waals surface area contributed by atoms with E-state index in [2.05, 4.69) is 4.98 Å². The second-order valence-corrected chi connectivity index (χ2v) is 5.58. The summed E-state index contributed by atoms with van der Waals surface area (Å²) < 4.78 is 6.64. The lowest BCUT2D eigenvalue weighted by molar-refractivity contribution is 0.415. The first-order chi connectivity index (χ1) is 10.6. The van der Waals surface area contributed by atoms with Gasteiger partial charge in [0.1, 0.15) is 5.75 Å². The van der Waals surface area contributed by atoms with Crippen molar-refractivity contribution in [2.75, 3.05) is 7.11 Å². The van der Waals surface area contributed by atoms with Gasteiger partial charge >= 0.3 is 0 Å². The third kappa shape index (κ3) is 2.67. The van der Waals surface area contributed by atoms with E-state index < -0.39 is 0 Å². The zero-order valence-corrected chi connectivity index (χ0v) is 13.2. The summed E-state index contributed by atoms with van der Waals surface area (Å²) in [6.07, 6.45) is 1.50. The highest BCUT2D eigenvalue weighted by Crippen LogP contribution is 2.25. The van der Waals surface area contributed by atoms with Crippen LogP contribution in [0.2, 0.25) is 10.0 Å². The first-order valence-corrected chi connectivity index (χ1v) is 7.32. The normalized spacial score (nSPS) is 10.9. The molecule has 1 heterocycles. The largest absolute Gasteiger partial charge is 0.497 e. The molecule has 4 nitrogen and oxygen atoms in total. The first kappa shape index (κ1) is 14.9. The Morgan fingerprint density at radius 2 is 1.91 bits per heavy atom. The van der Waals surface area contributed by atoms with Gasteiger partial charge in [0.2, 0.25) is 0 Å². The van der Waals surface area contributed by atoms with Crippen molar-refractivity contribution in [3.63, 3.8) is 0 Å². The molecular formula is C16H12Cl2N2O2. The summed E-state index contributed by atoms with van der Waals surface area (Å²) in [5, 5.41) is 1.53. The minimum absolute atomic E-state index is 0.167. The van der Waals surface area contributed by atoms with E-state index in [1.807, 2.05) is 0 Å². The lowest BCUT2D eigenvalue weighted by Gasteiger charge is -2.10. The average molecular weight is 335 g/mol. The number of hydrogen-bond donors (Lipinski definition) is 0. The average Bonchev–Trinajstić information content (AvgIpc) is 2.53. The lowest BCUT2D eigenvalue weighted by Crippen LogP contribution is -2.21. The van der Waals surface area contributed by atoms with E-state index in [0.29, 0.717) is 32.3 Å². The maximum atomic E-state index is 12.6. The van der Waals surface area contributed by atoms with Gasteiger partial charge in [-0.05, 0) is 30.3 Å². The van der Waals surface area contributed by atoms with Crippen LogP contribution in [-0.4, -0.2) is 16.7 Å². The molecular weight excluding hydrogens is 323 g/mol. The fourth-order valence-electron chi connectivity index (χ4n) is 2.23. The topological polar surface area (TPSA) is 44.1 Å². The van der Waals surface area contributed by atoms with Crippen molar-refractivity contribution in [1.82, 2.24) is 9.55 Å². The van der Waals surface area contributed by atoms with E-state index >= 15 is 0 Å². The molecule has 3 rings (SSSR count). The molecule has 22 heavy (non-hydrogen) atoms. The maximum Gasteiger partial charge on any atom is 0.261 e. The van der Waals surface area contributed by atoms with Crippen LogP contribution in [0.3, 0.4) is 0 Å². The highest BCUT2D eigenvalue weighted by Gasteiger charge is 2.10. The van der Waals surface area contributed by atoms with Crippen molar-refractivity contribution in [1.29, 1.82) is 0 Å². The van der Waals surface area contributed by atoms with Gasteiger partial charge in [-0.15, -0.1) is 0 Å². The molecule has 0 radical (unpaired) electrons. The number of fused-ring (bicyclic) bond motifs is 1. The molecule has 0 aliphatic carbocycles. The van der Waals surface area contributed by atoms with Crippen molar-refractivity contribution >= 4 is 34.1 Å². The van der Waals surface area contributed by atoms with Crippen molar-refractivity contribution in [2.24, 2.45) is 0 Å². The second-order valence-electron chi connectivity index (χ2n) is 4.76. The van der Waals surface area contributed by atoms with Crippen molar-refractivity contribution in [3.8, 4) is 5.75 Å². The summed E-state index contributed by atoms with van der Waals surface area (Å²) in [7, 11) is 1.56. The van der Waals surface area contributed by atoms with Crippen LogP contribution in [0.25, 0.3) is 10.9 Å². The Morgan fingerprint density at radius 3 is 2.59 bits per heavy atom. The number of aromatic nitrogens is 2. The lowest BCUT2D eigenvalue weighted by atomic mass is 10.2. The number of methoxy groups -OCH3 is 1. The summed E-state index contributed by atoms with van der Waals surface area (Å²) in [6.45, 7) is 0.261. The quantitative estimate of drug-likeness (QED) is 0.732. The third-order valence-corrected chi connectivity index (χ3v) is 4.13. The zero-order valence-electron chi connectivity index (χ0n) is 11.7. The highest BCUT2D eigenvalue weighted by atomic mass is 35.5. The molecule has 3 aromatic rings. The number of halogens is 2. The standard InChI is InChI=1S/C16H12Cl2N2O2/c1-22-10-5-6-15-11(7-10)16(21)20(9-19-15)8-12-13(17)3-2-4-14(12)18/h2-7,9H,8H2,1H3. The van der Waals surface area contributed by atoms with Gasteiger partial charge in [-0.25, -0.2) is 4.98 Å². The summed E-state index contributed by atoms with van der Waals surface area (Å²) in [4.78, 5) is 16.9. The van der Waals surface area contributed by atoms with Crippen molar-refractivity contribution in [2.45, 2.75) is 6.54 Å². The Morgan fingerprint density at radius 1 is 1.18 bits per heavy atom. The van der Waals surface area contributed by atoms with Crippen LogP contribution in [-0.2, 0) is 6.54 Å². The molecule has 0 unspecified atom stereocenters. The second kappa shape index (κ2) is 5.99. The molecule has 0 bridgehead atoms. The maximum absolute atomic E-state index is 12.6. The van der Waals surface area contributed by atoms with Gasteiger partial charge in [0.25, 0.3) is 5.56 Å². The van der Waals surface area contributed by atoms with Gasteiger partial charge in [-0.2, -0.15) is 0 Å². The predicted molar refractivity (Wildman–Crippen MR) is 88.1 cm³/mol. The van der Waals surface area contributed by atoms with Crippen LogP contribution in [0.1, 0.15) is 5.56 Å². The van der Waals surface area contributed by atoms with Crippen LogP contribution >= 0.6 is 23.2 Å². The number of rotatable bonds is 3. The molecule has 2 aromatic carbocycles. The van der Waals surface area contributed by atoms with Crippen molar-refractivity contribution in [3.05, 3.63) is 68.7 Å². The smallest absolute Gasteiger partial charge is 0.261 e. The number of benzene rings is 2. The van der Waals surface area contributed by atoms with Crippen LogP contribution < -0.4 is 10.3 Å². The van der Waals surface area contributed by atoms with Gasteiger partial charge in [0.05, 0.1) is 30.9 Å². The fraction of sp³-hybridized carbons (Fsp3) is 0.125. The molecule has 0 spiro atoms. The SMILES string of the molecule is COc1ccc2ncn(Cc3c(Cl)cccc3Cl)c(=O)c2c1. The first-order valence-electron chi connectivity index (χ1n) is 6.56. The molecule has 0 aliphatic rings. The van der Waals surface area contributed by atoms with Crippen LogP contribution in [0.5, 0.6) is 5.75 Å². The zero-order chi connectivity index (χ0) is 15.7. The molecule has 0 saturated carbocycles. The van der Waals surface area contributed by atoms with Gasteiger partial charge in [0.15, 0.2) is 0 Å². The molecule has 0 atom stereocenters. The summed E-state index contributed by atoms with van der Waals surface area (Å²) in [6, 6.07) is 10.4. The number of ether oxygens (including phenoxy) is 1. The van der Waals surface area contributed by atoms with Gasteiger partial charge < -0.3 is 4.74 Å². The Kier molecular flexibility index (Phi) is 4.05. The molecule has 0 aliphatic heterocycles. The molecule has 0 saturated heterocycles. The molecule has 0 N–H and O–H groups in total. The fourth-order valence-corrected chi connectivity index (χ4v) is 2.75.